The number of halogens is 2. The van der Waals surface area contributed by atoms with Gasteiger partial charge in [-0.1, -0.05) is 11.6 Å². The predicted molar refractivity (Wildman–Crippen MR) is 83.7 cm³/mol. The van der Waals surface area contributed by atoms with E-state index in [0.29, 0.717) is 53.5 Å². The minimum atomic E-state index is -0.956. The van der Waals surface area contributed by atoms with Crippen molar-refractivity contribution < 1.29 is 19.4 Å². The molecule has 3 rings (SSSR count). The van der Waals surface area contributed by atoms with Gasteiger partial charge in [-0.2, -0.15) is 0 Å². The number of benzene rings is 1. The summed E-state index contributed by atoms with van der Waals surface area (Å²) in [5, 5.41) is 9.56. The topological polar surface area (TPSA) is 70.1 Å². The Bertz CT molecular complexity index is 640. The predicted octanol–water partition coefficient (Wildman–Crippen LogP) is 2.69. The highest BCUT2D eigenvalue weighted by Gasteiger charge is 2.35. The molecule has 2 heterocycles. The van der Waals surface area contributed by atoms with Gasteiger partial charge in [0.2, 0.25) is 0 Å². The molecular formula is C14H14BrClN2O4. The molecule has 118 valence electrons. The van der Waals surface area contributed by atoms with E-state index in [1.807, 2.05) is 0 Å². The summed E-state index contributed by atoms with van der Waals surface area (Å²) in [7, 11) is 0. The first-order valence-corrected chi connectivity index (χ1v) is 8.05. The Morgan fingerprint density at radius 3 is 2.91 bits per heavy atom. The number of hydrogen-bond donors (Lipinski definition) is 1. The fourth-order valence-corrected chi connectivity index (χ4v) is 3.30. The number of amides is 2. The molecule has 6 nitrogen and oxygen atoms in total. The Hall–Kier alpha value is -1.47. The second-order valence-corrected chi connectivity index (χ2v) is 6.54. The third kappa shape index (κ3) is 2.75. The molecular weight excluding hydrogens is 376 g/mol. The van der Waals surface area contributed by atoms with E-state index in [1.54, 1.807) is 17.0 Å². The van der Waals surface area contributed by atoms with E-state index in [-0.39, 0.29) is 11.9 Å². The molecule has 0 unspecified atom stereocenters. The number of carbonyl (C=O) groups excluding carboxylic acids is 1. The third-order valence-corrected chi connectivity index (χ3v) is 5.17. The second-order valence-electron chi connectivity index (χ2n) is 5.28. The summed E-state index contributed by atoms with van der Waals surface area (Å²) in [6.07, 6.45) is -0.364. The van der Waals surface area contributed by atoms with Crippen LogP contribution in [-0.4, -0.2) is 59.2 Å². The summed E-state index contributed by atoms with van der Waals surface area (Å²) in [5.41, 5.74) is 0.418. The highest BCUT2D eigenvalue weighted by Crippen LogP contribution is 2.34. The summed E-state index contributed by atoms with van der Waals surface area (Å²) in [5.74, 6) is 0.333. The molecule has 0 bridgehead atoms. The Labute approximate surface area is 140 Å². The summed E-state index contributed by atoms with van der Waals surface area (Å²) in [6.45, 7) is 1.42. The standard InChI is InChI=1S/C14H14BrClN2O4/c15-10-6-12-9(5-11(10)16)13(19)18-3-2-17(14(20)21)7-8(18)1-4-22-12/h5-6,8H,1-4,7H2,(H,20,21)/t8-/m0/s1. The van der Waals surface area contributed by atoms with Gasteiger partial charge in [0, 0.05) is 30.5 Å². The van der Waals surface area contributed by atoms with Crippen LogP contribution >= 0.6 is 27.5 Å². The molecule has 1 N–H and O–H groups in total. The van der Waals surface area contributed by atoms with Gasteiger partial charge in [-0.3, -0.25) is 4.79 Å². The van der Waals surface area contributed by atoms with Crippen molar-refractivity contribution in [3.05, 3.63) is 27.2 Å². The molecule has 2 amide bonds. The summed E-state index contributed by atoms with van der Waals surface area (Å²) >= 11 is 9.41. The zero-order valence-corrected chi connectivity index (χ0v) is 13.9. The van der Waals surface area contributed by atoms with Crippen LogP contribution in [-0.2, 0) is 0 Å². The molecule has 8 heteroatoms. The van der Waals surface area contributed by atoms with Crippen LogP contribution in [0.3, 0.4) is 0 Å². The normalized spacial score (nSPS) is 21.4. The molecule has 0 aromatic heterocycles. The first-order valence-electron chi connectivity index (χ1n) is 6.88. The van der Waals surface area contributed by atoms with Crippen LogP contribution in [0.2, 0.25) is 5.02 Å². The fourth-order valence-electron chi connectivity index (χ4n) is 2.82. The van der Waals surface area contributed by atoms with Crippen LogP contribution in [0.4, 0.5) is 4.79 Å². The van der Waals surface area contributed by atoms with E-state index in [0.717, 1.165) is 0 Å². The quantitative estimate of drug-likeness (QED) is 0.741. The Balaban J connectivity index is 1.92. The van der Waals surface area contributed by atoms with E-state index >= 15 is 0 Å². The molecule has 1 fully saturated rings. The van der Waals surface area contributed by atoms with Crippen molar-refractivity contribution in [3.63, 3.8) is 0 Å². The number of carboxylic acid groups (broad SMARTS) is 1. The van der Waals surface area contributed by atoms with Crippen LogP contribution < -0.4 is 4.74 Å². The van der Waals surface area contributed by atoms with Gasteiger partial charge >= 0.3 is 6.09 Å². The zero-order chi connectivity index (χ0) is 15.9. The highest BCUT2D eigenvalue weighted by molar-refractivity contribution is 9.10. The van der Waals surface area contributed by atoms with Gasteiger partial charge in [-0.15, -0.1) is 0 Å². The van der Waals surface area contributed by atoms with Crippen LogP contribution in [0, 0.1) is 0 Å². The van der Waals surface area contributed by atoms with Crippen molar-refractivity contribution >= 4 is 39.5 Å². The Morgan fingerprint density at radius 1 is 1.41 bits per heavy atom. The Morgan fingerprint density at radius 2 is 2.18 bits per heavy atom. The molecule has 22 heavy (non-hydrogen) atoms. The lowest BCUT2D eigenvalue weighted by atomic mass is 10.0. The van der Waals surface area contributed by atoms with Crippen LogP contribution in [0.25, 0.3) is 0 Å². The maximum absolute atomic E-state index is 12.8. The van der Waals surface area contributed by atoms with Gasteiger partial charge in [0.05, 0.1) is 23.2 Å². The average molecular weight is 390 g/mol. The molecule has 1 aromatic carbocycles. The van der Waals surface area contributed by atoms with Crippen molar-refractivity contribution in [2.45, 2.75) is 12.5 Å². The largest absolute Gasteiger partial charge is 0.493 e. The number of rotatable bonds is 0. The molecule has 1 atom stereocenters. The summed E-state index contributed by atoms with van der Waals surface area (Å²) in [6, 6.07) is 3.12. The zero-order valence-electron chi connectivity index (χ0n) is 11.6. The van der Waals surface area contributed by atoms with Crippen LogP contribution in [0.5, 0.6) is 5.75 Å². The lowest BCUT2D eigenvalue weighted by Crippen LogP contribution is -2.57. The lowest BCUT2D eigenvalue weighted by molar-refractivity contribution is 0.0374. The van der Waals surface area contributed by atoms with Crippen molar-refractivity contribution in [2.24, 2.45) is 0 Å². The van der Waals surface area contributed by atoms with E-state index in [1.165, 1.54) is 4.90 Å². The van der Waals surface area contributed by atoms with E-state index in [4.69, 9.17) is 21.4 Å². The smallest absolute Gasteiger partial charge is 0.407 e. The number of ether oxygens (including phenoxy) is 1. The van der Waals surface area contributed by atoms with E-state index < -0.39 is 6.09 Å². The van der Waals surface area contributed by atoms with Crippen molar-refractivity contribution in [2.75, 3.05) is 26.2 Å². The second kappa shape index (κ2) is 5.96. The van der Waals surface area contributed by atoms with Crippen LogP contribution in [0.1, 0.15) is 16.8 Å². The first kappa shape index (κ1) is 15.4. The molecule has 2 aliphatic rings. The third-order valence-electron chi connectivity index (χ3n) is 3.98. The maximum Gasteiger partial charge on any atom is 0.407 e. The minimum absolute atomic E-state index is 0.167. The molecule has 0 radical (unpaired) electrons. The van der Waals surface area contributed by atoms with Gasteiger partial charge in [0.1, 0.15) is 5.75 Å². The molecule has 1 aromatic rings. The van der Waals surface area contributed by atoms with Crippen molar-refractivity contribution in [3.8, 4) is 5.75 Å². The van der Waals surface area contributed by atoms with Gasteiger partial charge < -0.3 is 19.6 Å². The number of nitrogens with zero attached hydrogens (tertiary/aromatic N) is 2. The average Bonchev–Trinajstić information content (AvgIpc) is 2.48. The molecule has 0 spiro atoms. The number of carbonyl (C=O) groups is 2. The lowest BCUT2D eigenvalue weighted by Gasteiger charge is -2.41. The van der Waals surface area contributed by atoms with Gasteiger partial charge in [0.25, 0.3) is 5.91 Å². The van der Waals surface area contributed by atoms with E-state index in [2.05, 4.69) is 15.9 Å². The first-order chi connectivity index (χ1) is 10.5. The molecule has 2 aliphatic heterocycles. The number of hydrogen-bond acceptors (Lipinski definition) is 3. The summed E-state index contributed by atoms with van der Waals surface area (Å²) in [4.78, 5) is 26.9. The van der Waals surface area contributed by atoms with Crippen LogP contribution in [0.15, 0.2) is 16.6 Å². The van der Waals surface area contributed by atoms with Gasteiger partial charge in [-0.05, 0) is 28.1 Å². The minimum Gasteiger partial charge on any atom is -0.493 e. The summed E-state index contributed by atoms with van der Waals surface area (Å²) < 4.78 is 6.35. The fraction of sp³-hybridized carbons (Fsp3) is 0.429. The number of piperazine rings is 1. The van der Waals surface area contributed by atoms with Gasteiger partial charge in [0.15, 0.2) is 0 Å². The molecule has 1 saturated heterocycles. The van der Waals surface area contributed by atoms with Crippen molar-refractivity contribution in [1.29, 1.82) is 0 Å². The number of fused-ring (bicyclic) bond motifs is 2. The highest BCUT2D eigenvalue weighted by atomic mass is 79.9. The monoisotopic (exact) mass is 388 g/mol. The van der Waals surface area contributed by atoms with Gasteiger partial charge in [-0.25, -0.2) is 4.79 Å². The molecule has 0 aliphatic carbocycles. The maximum atomic E-state index is 12.8. The SMILES string of the molecule is O=C(O)N1CCN2C(=O)c3cc(Cl)c(Br)cc3OCC[C@H]2C1. The van der Waals surface area contributed by atoms with E-state index in [9.17, 15) is 9.59 Å². The molecule has 0 saturated carbocycles. The van der Waals surface area contributed by atoms with Crippen molar-refractivity contribution in [1.82, 2.24) is 9.80 Å². The Kier molecular flexibility index (Phi) is 4.18.